The van der Waals surface area contributed by atoms with E-state index < -0.39 is 6.10 Å². The van der Waals surface area contributed by atoms with Crippen molar-refractivity contribution in [2.24, 2.45) is 0 Å². The Morgan fingerprint density at radius 1 is 1.17 bits per heavy atom. The van der Waals surface area contributed by atoms with Crippen LogP contribution in [0.2, 0.25) is 0 Å². The van der Waals surface area contributed by atoms with Crippen molar-refractivity contribution in [1.29, 1.82) is 5.26 Å². The topological polar surface area (TPSA) is 60.2 Å². The monoisotopic (exact) mass is 321 g/mol. The lowest BCUT2D eigenvalue weighted by molar-refractivity contribution is 0.155. The molecule has 124 valence electrons. The fourth-order valence-electron chi connectivity index (χ4n) is 3.42. The van der Waals surface area contributed by atoms with Crippen molar-refractivity contribution < 1.29 is 5.11 Å². The molecule has 1 saturated heterocycles. The van der Waals surface area contributed by atoms with E-state index in [9.17, 15) is 5.11 Å². The lowest BCUT2D eigenvalue weighted by Crippen LogP contribution is -2.36. The maximum atomic E-state index is 10.6. The molecule has 3 rings (SSSR count). The third-order valence-electron chi connectivity index (χ3n) is 4.73. The molecule has 1 aliphatic heterocycles. The second-order valence-corrected chi connectivity index (χ2v) is 6.38. The Bertz CT molecular complexity index is 678. The van der Waals surface area contributed by atoms with Crippen molar-refractivity contribution in [2.75, 3.05) is 11.4 Å². The quantitative estimate of drug-likeness (QED) is 0.930. The molecule has 0 saturated carbocycles. The lowest BCUT2D eigenvalue weighted by atomic mass is 9.98. The first kappa shape index (κ1) is 16.5. The van der Waals surface area contributed by atoms with Crippen LogP contribution >= 0.6 is 0 Å². The van der Waals surface area contributed by atoms with E-state index in [0.29, 0.717) is 12.0 Å². The molecule has 0 aliphatic carbocycles. The number of aliphatic hydroxyl groups excluding tert-OH is 1. The van der Waals surface area contributed by atoms with Gasteiger partial charge in [-0.15, -0.1) is 0 Å². The molecule has 0 spiro atoms. The average Bonchev–Trinajstić information content (AvgIpc) is 2.88. The summed E-state index contributed by atoms with van der Waals surface area (Å²) in [5.41, 5.74) is 1.55. The number of benzene rings is 1. The Morgan fingerprint density at radius 3 is 2.71 bits per heavy atom. The molecule has 1 N–H and O–H groups in total. The maximum Gasteiger partial charge on any atom is 0.128 e. The average molecular weight is 321 g/mol. The van der Waals surface area contributed by atoms with Crippen LogP contribution in [0.15, 0.2) is 48.7 Å². The van der Waals surface area contributed by atoms with Gasteiger partial charge in [0.1, 0.15) is 11.9 Å². The number of aliphatic hydroxyl groups is 1. The van der Waals surface area contributed by atoms with E-state index in [1.807, 2.05) is 42.5 Å². The number of anilines is 1. The van der Waals surface area contributed by atoms with E-state index in [0.717, 1.165) is 30.8 Å². The molecule has 4 heteroatoms. The summed E-state index contributed by atoms with van der Waals surface area (Å²) in [4.78, 5) is 6.77. The van der Waals surface area contributed by atoms with Crippen molar-refractivity contribution >= 4 is 5.82 Å². The number of aromatic nitrogens is 1. The van der Waals surface area contributed by atoms with Gasteiger partial charge in [-0.3, -0.25) is 0 Å². The predicted octanol–water partition coefficient (Wildman–Crippen LogP) is 3.83. The highest BCUT2D eigenvalue weighted by atomic mass is 16.3. The van der Waals surface area contributed by atoms with Crippen molar-refractivity contribution in [1.82, 2.24) is 4.98 Å². The van der Waals surface area contributed by atoms with E-state index in [1.165, 1.54) is 12.8 Å². The molecule has 0 radical (unpaired) electrons. The number of nitrogens with zero attached hydrogens (tertiary/aromatic N) is 3. The van der Waals surface area contributed by atoms with Crippen LogP contribution in [-0.2, 0) is 0 Å². The summed E-state index contributed by atoms with van der Waals surface area (Å²) in [5, 5.41) is 19.6. The molecular weight excluding hydrogens is 298 g/mol. The number of pyridine rings is 1. The van der Waals surface area contributed by atoms with Crippen LogP contribution in [-0.4, -0.2) is 22.7 Å². The lowest BCUT2D eigenvalue weighted by Gasteiger charge is -2.32. The van der Waals surface area contributed by atoms with Crippen LogP contribution in [0.1, 0.15) is 49.3 Å². The van der Waals surface area contributed by atoms with Crippen LogP contribution in [0.5, 0.6) is 0 Å². The van der Waals surface area contributed by atoms with Gasteiger partial charge >= 0.3 is 0 Å². The number of hydrogen-bond donors (Lipinski definition) is 1. The van der Waals surface area contributed by atoms with Gasteiger partial charge in [0.15, 0.2) is 0 Å². The second kappa shape index (κ2) is 7.94. The van der Waals surface area contributed by atoms with Crippen molar-refractivity contribution in [2.45, 2.75) is 44.2 Å². The van der Waals surface area contributed by atoms with Gasteiger partial charge in [0.05, 0.1) is 11.7 Å². The first-order valence-electron chi connectivity index (χ1n) is 8.64. The molecular formula is C20H23N3O. The summed E-state index contributed by atoms with van der Waals surface area (Å²) >= 11 is 0. The van der Waals surface area contributed by atoms with Gasteiger partial charge in [-0.25, -0.2) is 4.98 Å². The summed E-state index contributed by atoms with van der Waals surface area (Å²) in [6.45, 7) is 0.949. The van der Waals surface area contributed by atoms with Crippen molar-refractivity contribution in [3.05, 3.63) is 59.8 Å². The Kier molecular flexibility index (Phi) is 5.45. The van der Waals surface area contributed by atoms with Crippen LogP contribution < -0.4 is 4.90 Å². The van der Waals surface area contributed by atoms with Gasteiger partial charge in [0.2, 0.25) is 0 Å². The highest BCUT2D eigenvalue weighted by Crippen LogP contribution is 2.29. The summed E-state index contributed by atoms with van der Waals surface area (Å²) < 4.78 is 0. The largest absolute Gasteiger partial charge is 0.388 e. The second-order valence-electron chi connectivity index (χ2n) is 6.38. The fraction of sp³-hybridized carbons (Fsp3) is 0.400. The minimum Gasteiger partial charge on any atom is -0.388 e. The minimum atomic E-state index is -0.463. The molecule has 24 heavy (non-hydrogen) atoms. The molecule has 2 aromatic rings. The Labute approximate surface area is 143 Å². The molecule has 1 fully saturated rings. The first-order chi connectivity index (χ1) is 11.8. The van der Waals surface area contributed by atoms with Crippen LogP contribution in [0.3, 0.4) is 0 Å². The van der Waals surface area contributed by atoms with E-state index in [1.54, 1.807) is 6.20 Å². The van der Waals surface area contributed by atoms with E-state index in [-0.39, 0.29) is 6.04 Å². The molecule has 4 nitrogen and oxygen atoms in total. The normalized spacial score (nSPS) is 19.3. The zero-order chi connectivity index (χ0) is 16.8. The highest BCUT2D eigenvalue weighted by molar-refractivity contribution is 5.43. The first-order valence-corrected chi connectivity index (χ1v) is 8.64. The van der Waals surface area contributed by atoms with Crippen molar-refractivity contribution in [3.8, 4) is 6.07 Å². The molecule has 1 aromatic carbocycles. The summed E-state index contributed by atoms with van der Waals surface area (Å²) in [6.07, 6.45) is 6.46. The van der Waals surface area contributed by atoms with Crippen LogP contribution in [0, 0.1) is 11.3 Å². The van der Waals surface area contributed by atoms with Gasteiger partial charge in [-0.1, -0.05) is 43.2 Å². The molecule has 2 heterocycles. The third kappa shape index (κ3) is 3.93. The third-order valence-corrected chi connectivity index (χ3v) is 4.73. The van der Waals surface area contributed by atoms with E-state index in [2.05, 4.69) is 16.0 Å². The summed E-state index contributed by atoms with van der Waals surface area (Å²) in [7, 11) is 0. The SMILES string of the molecule is N#Cc1ccc(N2CCCCCC2CC(O)c2ccccc2)nc1. The standard InChI is InChI=1S/C20H23N3O/c21-14-16-10-11-20(22-15-16)23-12-6-2-5-9-18(23)13-19(24)17-7-3-1-4-8-17/h1,3-4,7-8,10-11,15,18-19,24H,2,5-6,9,12-13H2. The van der Waals surface area contributed by atoms with Crippen molar-refractivity contribution in [3.63, 3.8) is 0 Å². The molecule has 2 atom stereocenters. The van der Waals surface area contributed by atoms with Gasteiger partial charge < -0.3 is 10.0 Å². The predicted molar refractivity (Wildman–Crippen MR) is 94.6 cm³/mol. The van der Waals surface area contributed by atoms with Gasteiger partial charge in [-0.2, -0.15) is 5.26 Å². The molecule has 0 bridgehead atoms. The highest BCUT2D eigenvalue weighted by Gasteiger charge is 2.25. The van der Waals surface area contributed by atoms with Gasteiger partial charge in [-0.05, 0) is 37.0 Å². The van der Waals surface area contributed by atoms with Gasteiger partial charge in [0.25, 0.3) is 0 Å². The molecule has 1 aliphatic rings. The molecule has 2 unspecified atom stereocenters. The van der Waals surface area contributed by atoms with E-state index in [4.69, 9.17) is 5.26 Å². The molecule has 0 amide bonds. The number of nitriles is 1. The Morgan fingerprint density at radius 2 is 2.00 bits per heavy atom. The summed E-state index contributed by atoms with van der Waals surface area (Å²) in [6, 6.07) is 16.0. The number of hydrogen-bond acceptors (Lipinski definition) is 4. The van der Waals surface area contributed by atoms with E-state index >= 15 is 0 Å². The Balaban J connectivity index is 1.78. The maximum absolute atomic E-state index is 10.6. The minimum absolute atomic E-state index is 0.267. The zero-order valence-corrected chi connectivity index (χ0v) is 13.8. The summed E-state index contributed by atoms with van der Waals surface area (Å²) in [5.74, 6) is 0.904. The fourth-order valence-corrected chi connectivity index (χ4v) is 3.42. The van der Waals surface area contributed by atoms with Crippen LogP contribution in [0.25, 0.3) is 0 Å². The zero-order valence-electron chi connectivity index (χ0n) is 13.8. The van der Waals surface area contributed by atoms with Gasteiger partial charge in [0, 0.05) is 18.8 Å². The molecule has 1 aromatic heterocycles. The Hall–Kier alpha value is -2.38. The van der Waals surface area contributed by atoms with Crippen LogP contribution in [0.4, 0.5) is 5.82 Å². The smallest absolute Gasteiger partial charge is 0.128 e. The number of rotatable bonds is 4.